The molecule has 4 aromatic heterocycles. The van der Waals surface area contributed by atoms with Crippen molar-refractivity contribution in [3.05, 3.63) is 115 Å². The first-order chi connectivity index (χ1) is 18.3. The van der Waals surface area contributed by atoms with Crippen LogP contribution in [-0.4, -0.2) is 24.0 Å². The molecule has 1 N–H and O–H groups in total. The Balaban J connectivity index is 1.40. The molecule has 0 aliphatic heterocycles. The van der Waals surface area contributed by atoms with E-state index in [0.29, 0.717) is 5.65 Å². The van der Waals surface area contributed by atoms with Gasteiger partial charge in [0.05, 0.1) is 27.6 Å². The first-order valence-corrected chi connectivity index (χ1v) is 12.3. The highest BCUT2D eigenvalue weighted by Crippen LogP contribution is 2.36. The van der Waals surface area contributed by atoms with E-state index in [-0.39, 0.29) is 5.75 Å². The number of benzene rings is 4. The van der Waals surface area contributed by atoms with Gasteiger partial charge < -0.3 is 5.11 Å². The van der Waals surface area contributed by atoms with Crippen molar-refractivity contribution in [2.75, 3.05) is 0 Å². The number of nitrogens with zero attached hydrogens (tertiary/aromatic N) is 4. The molecule has 0 fully saturated rings. The molecule has 0 unspecified atom stereocenters. The molecule has 0 spiro atoms. The van der Waals surface area contributed by atoms with Crippen LogP contribution in [0.1, 0.15) is 0 Å². The first-order valence-electron chi connectivity index (χ1n) is 12.3. The maximum atomic E-state index is 10.8. The molecule has 0 amide bonds. The van der Waals surface area contributed by atoms with Gasteiger partial charge in [-0.2, -0.15) is 0 Å². The van der Waals surface area contributed by atoms with Crippen molar-refractivity contribution in [2.24, 2.45) is 0 Å². The highest BCUT2D eigenvalue weighted by atomic mass is 16.3. The van der Waals surface area contributed by atoms with Crippen LogP contribution in [0, 0.1) is 0 Å². The number of phenols is 1. The monoisotopic (exact) mass is 476 g/mol. The zero-order valence-corrected chi connectivity index (χ0v) is 19.7. The Labute approximate surface area is 211 Å². The zero-order chi connectivity index (χ0) is 24.5. The van der Waals surface area contributed by atoms with Crippen LogP contribution in [0.3, 0.4) is 0 Å². The third-order valence-electron chi connectivity index (χ3n) is 7.23. The van der Waals surface area contributed by atoms with E-state index >= 15 is 0 Å². The lowest BCUT2D eigenvalue weighted by Crippen LogP contribution is -1.98. The molecule has 0 atom stereocenters. The van der Waals surface area contributed by atoms with Gasteiger partial charge in [0.2, 0.25) is 0 Å². The zero-order valence-electron chi connectivity index (χ0n) is 19.7. The molecule has 0 saturated heterocycles. The van der Waals surface area contributed by atoms with Crippen molar-refractivity contribution in [1.82, 2.24) is 18.9 Å². The van der Waals surface area contributed by atoms with Crippen LogP contribution < -0.4 is 0 Å². The maximum absolute atomic E-state index is 10.8. The van der Waals surface area contributed by atoms with Crippen molar-refractivity contribution in [3.8, 4) is 23.0 Å². The summed E-state index contributed by atoms with van der Waals surface area (Å²) >= 11 is 0. The number of hydrogen-bond acceptors (Lipinski definition) is 3. The normalized spacial score (nSPS) is 11.9. The smallest absolute Gasteiger partial charge is 0.149 e. The first kappa shape index (κ1) is 20.1. The van der Waals surface area contributed by atoms with E-state index in [1.807, 2.05) is 48.7 Å². The lowest BCUT2D eigenvalue weighted by molar-refractivity contribution is 0.482. The minimum Gasteiger partial charge on any atom is -0.507 e. The fraction of sp³-hybridized carbons (Fsp3) is 0. The fourth-order valence-corrected chi connectivity index (χ4v) is 5.63. The third-order valence-corrected chi connectivity index (χ3v) is 7.23. The summed E-state index contributed by atoms with van der Waals surface area (Å²) < 4.78 is 4.27. The Bertz CT molecular complexity index is 2120. The van der Waals surface area contributed by atoms with E-state index < -0.39 is 0 Å². The van der Waals surface area contributed by atoms with Crippen molar-refractivity contribution in [3.63, 3.8) is 0 Å². The van der Waals surface area contributed by atoms with Crippen molar-refractivity contribution >= 4 is 49.1 Å². The van der Waals surface area contributed by atoms with Gasteiger partial charge in [0.1, 0.15) is 22.9 Å². The Morgan fingerprint density at radius 3 is 1.84 bits per heavy atom. The molecule has 4 heterocycles. The average Bonchev–Trinajstić information content (AvgIpc) is 3.54. The number of rotatable bonds is 2. The molecule has 0 radical (unpaired) electrons. The molecule has 4 aromatic carbocycles. The van der Waals surface area contributed by atoms with E-state index in [9.17, 15) is 5.11 Å². The predicted molar refractivity (Wildman–Crippen MR) is 149 cm³/mol. The second-order valence-electron chi connectivity index (χ2n) is 9.29. The number of pyridine rings is 2. The molecule has 174 valence electrons. The number of aromatic hydroxyl groups is 1. The highest BCUT2D eigenvalue weighted by Gasteiger charge is 2.17. The molecular formula is C32H20N4O. The summed E-state index contributed by atoms with van der Waals surface area (Å²) in [6.45, 7) is 0. The number of fused-ring (bicyclic) bond motifs is 9. The summed E-state index contributed by atoms with van der Waals surface area (Å²) in [5.41, 5.74) is 5.51. The van der Waals surface area contributed by atoms with Gasteiger partial charge in [-0.1, -0.05) is 72.8 Å². The summed E-state index contributed by atoms with van der Waals surface area (Å²) in [6.07, 6.45) is 2.02. The Kier molecular flexibility index (Phi) is 4.03. The van der Waals surface area contributed by atoms with E-state index in [0.717, 1.165) is 49.9 Å². The predicted octanol–water partition coefficient (Wildman–Crippen LogP) is 7.51. The summed E-state index contributed by atoms with van der Waals surface area (Å²) in [5, 5.41) is 16.0. The molecule has 8 aromatic rings. The van der Waals surface area contributed by atoms with Crippen LogP contribution in [0.25, 0.3) is 66.3 Å². The Hall–Kier alpha value is -5.16. The van der Waals surface area contributed by atoms with Crippen LogP contribution in [-0.2, 0) is 0 Å². The minimum atomic E-state index is 0.220. The van der Waals surface area contributed by atoms with E-state index in [1.54, 1.807) is 6.07 Å². The van der Waals surface area contributed by atoms with E-state index in [4.69, 9.17) is 9.97 Å². The van der Waals surface area contributed by atoms with Gasteiger partial charge >= 0.3 is 0 Å². The summed E-state index contributed by atoms with van der Waals surface area (Å²) in [7, 11) is 0. The highest BCUT2D eigenvalue weighted by molar-refractivity contribution is 6.14. The van der Waals surface area contributed by atoms with Gasteiger partial charge in [-0.25, -0.2) is 9.97 Å². The molecule has 5 nitrogen and oxygen atoms in total. The second kappa shape index (κ2) is 7.42. The minimum absolute atomic E-state index is 0.220. The van der Waals surface area contributed by atoms with Gasteiger partial charge in [-0.05, 0) is 41.8 Å². The molecule has 8 rings (SSSR count). The fourth-order valence-electron chi connectivity index (χ4n) is 5.63. The SMILES string of the molecule is Oc1cccc2c3ccccc3n3cc(-c4cccc(-n5c6ccccc6c6ccccc65)n4)nc3c12. The average molecular weight is 477 g/mol. The van der Waals surface area contributed by atoms with Gasteiger partial charge in [0.25, 0.3) is 0 Å². The molecule has 0 aliphatic carbocycles. The van der Waals surface area contributed by atoms with Crippen LogP contribution in [0.4, 0.5) is 0 Å². The Morgan fingerprint density at radius 1 is 0.514 bits per heavy atom. The van der Waals surface area contributed by atoms with E-state index in [1.165, 1.54) is 10.8 Å². The summed E-state index contributed by atoms with van der Waals surface area (Å²) in [4.78, 5) is 10.1. The molecule has 0 aliphatic rings. The summed E-state index contributed by atoms with van der Waals surface area (Å²) in [5.74, 6) is 1.06. The number of imidazole rings is 1. The van der Waals surface area contributed by atoms with Crippen LogP contribution in [0.15, 0.2) is 115 Å². The number of phenolic OH excluding ortho intramolecular Hbond substituents is 1. The largest absolute Gasteiger partial charge is 0.507 e. The van der Waals surface area contributed by atoms with Crippen molar-refractivity contribution in [1.29, 1.82) is 0 Å². The van der Waals surface area contributed by atoms with Crippen LogP contribution in [0.5, 0.6) is 5.75 Å². The van der Waals surface area contributed by atoms with Crippen molar-refractivity contribution < 1.29 is 5.11 Å². The standard InChI is InChI=1S/C32H20N4O/c37-29-17-7-12-23-22-11-1-4-14-26(22)35-19-25(34-32(35)31(23)29)24-13-8-18-30(33-24)36-27-15-5-2-9-20(27)21-10-3-6-16-28(21)36/h1-19,37H. The van der Waals surface area contributed by atoms with Crippen LogP contribution in [0.2, 0.25) is 0 Å². The van der Waals surface area contributed by atoms with Crippen molar-refractivity contribution in [2.45, 2.75) is 0 Å². The Morgan fingerprint density at radius 2 is 1.11 bits per heavy atom. The molecule has 37 heavy (non-hydrogen) atoms. The second-order valence-corrected chi connectivity index (χ2v) is 9.29. The van der Waals surface area contributed by atoms with Gasteiger partial charge in [-0.3, -0.25) is 8.97 Å². The van der Waals surface area contributed by atoms with Gasteiger partial charge in [0, 0.05) is 22.4 Å². The number of aromatic nitrogens is 4. The lowest BCUT2D eigenvalue weighted by Gasteiger charge is -2.08. The summed E-state index contributed by atoms with van der Waals surface area (Å²) in [6, 6.07) is 36.7. The number of hydrogen-bond donors (Lipinski definition) is 1. The quantitative estimate of drug-likeness (QED) is 0.263. The van der Waals surface area contributed by atoms with Gasteiger partial charge in [0.15, 0.2) is 0 Å². The topological polar surface area (TPSA) is 55.4 Å². The van der Waals surface area contributed by atoms with Crippen LogP contribution >= 0.6 is 0 Å². The molecule has 0 bridgehead atoms. The lowest BCUT2D eigenvalue weighted by atomic mass is 10.1. The molecule has 0 saturated carbocycles. The third kappa shape index (κ3) is 2.79. The maximum Gasteiger partial charge on any atom is 0.149 e. The van der Waals surface area contributed by atoms with E-state index in [2.05, 4.69) is 69.6 Å². The number of para-hydroxylation sites is 3. The molecular weight excluding hydrogens is 456 g/mol. The van der Waals surface area contributed by atoms with Gasteiger partial charge in [-0.15, -0.1) is 0 Å². The molecule has 5 heteroatoms.